The highest BCUT2D eigenvalue weighted by atomic mass is 19.1. The van der Waals surface area contributed by atoms with E-state index in [0.29, 0.717) is 18.9 Å². The van der Waals surface area contributed by atoms with Crippen molar-refractivity contribution < 1.29 is 4.39 Å². The number of anilines is 1. The predicted octanol–water partition coefficient (Wildman–Crippen LogP) is 4.15. The zero-order valence-electron chi connectivity index (χ0n) is 14.5. The van der Waals surface area contributed by atoms with E-state index in [1.54, 1.807) is 12.1 Å². The Morgan fingerprint density at radius 3 is 2.60 bits per heavy atom. The molecule has 0 radical (unpaired) electrons. The van der Waals surface area contributed by atoms with Crippen LogP contribution in [0.25, 0.3) is 11.1 Å². The third kappa shape index (κ3) is 3.03. The van der Waals surface area contributed by atoms with E-state index < -0.39 is 0 Å². The van der Waals surface area contributed by atoms with Crippen LogP contribution >= 0.6 is 0 Å². The average molecular weight is 336 g/mol. The van der Waals surface area contributed by atoms with Gasteiger partial charge >= 0.3 is 0 Å². The molecular weight excluding hydrogens is 315 g/mol. The first kappa shape index (κ1) is 15.8. The third-order valence-corrected chi connectivity index (χ3v) is 4.60. The van der Waals surface area contributed by atoms with Crippen LogP contribution in [0.3, 0.4) is 0 Å². The molecule has 0 fully saturated rings. The van der Waals surface area contributed by atoms with Crippen molar-refractivity contribution in [1.82, 2.24) is 14.7 Å². The van der Waals surface area contributed by atoms with Crippen LogP contribution in [0.15, 0.2) is 48.5 Å². The van der Waals surface area contributed by atoms with E-state index in [4.69, 9.17) is 0 Å². The zero-order valence-corrected chi connectivity index (χ0v) is 14.5. The van der Waals surface area contributed by atoms with Gasteiger partial charge < -0.3 is 5.32 Å². The van der Waals surface area contributed by atoms with Gasteiger partial charge in [0, 0.05) is 17.7 Å². The lowest BCUT2D eigenvalue weighted by molar-refractivity contribution is 0.198. The molecule has 0 saturated carbocycles. The molecular formula is C20H21FN4. The van der Waals surface area contributed by atoms with Crippen LogP contribution in [0.1, 0.15) is 16.8 Å². The summed E-state index contributed by atoms with van der Waals surface area (Å²) in [5, 5.41) is 8.04. The summed E-state index contributed by atoms with van der Waals surface area (Å²) in [4.78, 5) is 2.27. The number of benzene rings is 2. The second-order valence-electron chi connectivity index (χ2n) is 6.58. The highest BCUT2D eigenvalue weighted by Gasteiger charge is 2.24. The van der Waals surface area contributed by atoms with Gasteiger partial charge in [-0.3, -0.25) is 4.90 Å². The molecule has 5 heteroatoms. The van der Waals surface area contributed by atoms with Crippen molar-refractivity contribution in [3.63, 3.8) is 0 Å². The number of rotatable bonds is 3. The maximum Gasteiger partial charge on any atom is 0.135 e. The van der Waals surface area contributed by atoms with Crippen LogP contribution < -0.4 is 5.32 Å². The monoisotopic (exact) mass is 336 g/mol. The molecule has 0 atom stereocenters. The molecule has 25 heavy (non-hydrogen) atoms. The number of nitrogens with zero attached hydrogens (tertiary/aromatic N) is 3. The smallest absolute Gasteiger partial charge is 0.135 e. The predicted molar refractivity (Wildman–Crippen MR) is 97.6 cm³/mol. The van der Waals surface area contributed by atoms with Gasteiger partial charge in [0.2, 0.25) is 0 Å². The molecule has 0 bridgehead atoms. The molecule has 1 aromatic heterocycles. The van der Waals surface area contributed by atoms with Gasteiger partial charge in [-0.2, -0.15) is 5.10 Å². The van der Waals surface area contributed by atoms with Crippen LogP contribution in [0.2, 0.25) is 0 Å². The second kappa shape index (κ2) is 6.33. The Balaban J connectivity index is 1.60. The van der Waals surface area contributed by atoms with Crippen molar-refractivity contribution in [1.29, 1.82) is 0 Å². The summed E-state index contributed by atoms with van der Waals surface area (Å²) in [5.74, 6) is 0.674. The molecule has 1 aliphatic heterocycles. The van der Waals surface area contributed by atoms with Gasteiger partial charge in [-0.1, -0.05) is 48.0 Å². The van der Waals surface area contributed by atoms with Gasteiger partial charge in [-0.25, -0.2) is 9.07 Å². The molecule has 128 valence electrons. The highest BCUT2D eigenvalue weighted by molar-refractivity contribution is 5.78. The Labute approximate surface area is 146 Å². The number of halogens is 1. The van der Waals surface area contributed by atoms with E-state index in [9.17, 15) is 4.39 Å². The molecule has 0 unspecified atom stereocenters. The van der Waals surface area contributed by atoms with Crippen molar-refractivity contribution in [3.05, 3.63) is 71.2 Å². The highest BCUT2D eigenvalue weighted by Crippen LogP contribution is 2.34. The van der Waals surface area contributed by atoms with Crippen LogP contribution in [-0.2, 0) is 13.2 Å². The van der Waals surface area contributed by atoms with Crippen molar-refractivity contribution in [3.8, 4) is 11.1 Å². The Morgan fingerprint density at radius 1 is 1.08 bits per heavy atom. The van der Waals surface area contributed by atoms with Gasteiger partial charge in [-0.15, -0.1) is 0 Å². The van der Waals surface area contributed by atoms with Crippen molar-refractivity contribution in [2.24, 2.45) is 0 Å². The van der Waals surface area contributed by atoms with Crippen LogP contribution in [-0.4, -0.2) is 21.3 Å². The molecule has 3 aromatic rings. The van der Waals surface area contributed by atoms with Gasteiger partial charge in [0.05, 0.1) is 19.0 Å². The van der Waals surface area contributed by atoms with Crippen molar-refractivity contribution >= 4 is 5.82 Å². The molecule has 0 aliphatic carbocycles. The van der Waals surface area contributed by atoms with E-state index >= 15 is 0 Å². The van der Waals surface area contributed by atoms with Crippen LogP contribution in [0.4, 0.5) is 10.2 Å². The topological polar surface area (TPSA) is 33.1 Å². The summed E-state index contributed by atoms with van der Waals surface area (Å²) in [5.41, 5.74) is 4.83. The fourth-order valence-electron chi connectivity index (χ4n) is 3.33. The summed E-state index contributed by atoms with van der Waals surface area (Å²) >= 11 is 0. The molecule has 1 N–H and O–H groups in total. The van der Waals surface area contributed by atoms with Gasteiger partial charge in [-0.05, 0) is 25.5 Å². The number of hydrogen-bond acceptors (Lipinski definition) is 3. The molecule has 4 rings (SSSR count). The normalized spacial score (nSPS) is 14.2. The Hall–Kier alpha value is -2.66. The average Bonchev–Trinajstić information content (AvgIpc) is 2.92. The van der Waals surface area contributed by atoms with E-state index in [0.717, 1.165) is 23.6 Å². The SMILES string of the molecule is Cc1ccc(CN2CNc3c(-c4ccccc4F)c(C)nn3C2)cc1. The molecule has 0 spiro atoms. The van der Waals surface area contributed by atoms with E-state index in [1.165, 1.54) is 17.2 Å². The largest absolute Gasteiger partial charge is 0.357 e. The summed E-state index contributed by atoms with van der Waals surface area (Å²) in [7, 11) is 0. The number of fused-ring (bicyclic) bond motifs is 1. The molecule has 0 saturated heterocycles. The minimum atomic E-state index is -0.217. The summed E-state index contributed by atoms with van der Waals surface area (Å²) in [6.45, 7) is 6.26. The summed E-state index contributed by atoms with van der Waals surface area (Å²) < 4.78 is 16.1. The Kier molecular flexibility index (Phi) is 4.01. The van der Waals surface area contributed by atoms with Crippen LogP contribution in [0.5, 0.6) is 0 Å². The summed E-state index contributed by atoms with van der Waals surface area (Å²) in [6.07, 6.45) is 0. The number of aryl methyl sites for hydroxylation is 2. The van der Waals surface area contributed by atoms with Gasteiger partial charge in [0.15, 0.2) is 0 Å². The standard InChI is InChI=1S/C20H21FN4/c1-14-7-9-16(10-8-14)11-24-12-22-20-19(15(2)23-25(20)13-24)17-5-3-4-6-18(17)21/h3-10,22H,11-13H2,1-2H3. The summed E-state index contributed by atoms with van der Waals surface area (Å²) in [6, 6.07) is 15.4. The first-order valence-corrected chi connectivity index (χ1v) is 8.46. The number of aromatic nitrogens is 2. The van der Waals surface area contributed by atoms with Crippen molar-refractivity contribution in [2.75, 3.05) is 12.0 Å². The number of hydrogen-bond donors (Lipinski definition) is 1. The molecule has 1 aliphatic rings. The first-order chi connectivity index (χ1) is 12.1. The zero-order chi connectivity index (χ0) is 17.4. The minimum absolute atomic E-state index is 0.217. The second-order valence-corrected chi connectivity index (χ2v) is 6.58. The number of nitrogens with one attached hydrogen (secondary N) is 1. The maximum atomic E-state index is 14.2. The van der Waals surface area contributed by atoms with Crippen LogP contribution in [0, 0.1) is 19.7 Å². The minimum Gasteiger partial charge on any atom is -0.357 e. The van der Waals surface area contributed by atoms with E-state index in [2.05, 4.69) is 46.5 Å². The quantitative estimate of drug-likeness (QED) is 0.780. The molecule has 2 aromatic carbocycles. The molecule has 0 amide bonds. The first-order valence-electron chi connectivity index (χ1n) is 8.46. The molecule has 2 heterocycles. The lowest BCUT2D eigenvalue weighted by Crippen LogP contribution is -2.37. The molecule has 4 nitrogen and oxygen atoms in total. The third-order valence-electron chi connectivity index (χ3n) is 4.60. The fraction of sp³-hybridized carbons (Fsp3) is 0.250. The Morgan fingerprint density at radius 2 is 1.84 bits per heavy atom. The van der Waals surface area contributed by atoms with Crippen molar-refractivity contribution in [2.45, 2.75) is 27.1 Å². The fourth-order valence-corrected chi connectivity index (χ4v) is 3.33. The van der Waals surface area contributed by atoms with Gasteiger partial charge in [0.25, 0.3) is 0 Å². The maximum absolute atomic E-state index is 14.2. The van der Waals surface area contributed by atoms with Gasteiger partial charge in [0.1, 0.15) is 11.6 Å². The van der Waals surface area contributed by atoms with E-state index in [1.807, 2.05) is 17.7 Å². The lowest BCUT2D eigenvalue weighted by atomic mass is 10.1. The Bertz CT molecular complexity index is 899. The van der Waals surface area contributed by atoms with E-state index in [-0.39, 0.29) is 5.82 Å². The lowest BCUT2D eigenvalue weighted by Gasteiger charge is -2.29.